The maximum Gasteiger partial charge on any atom is 0.269 e. The lowest BCUT2D eigenvalue weighted by atomic mass is 9.95. The summed E-state index contributed by atoms with van der Waals surface area (Å²) in [5, 5.41) is 3.90. The van der Waals surface area contributed by atoms with Crippen molar-refractivity contribution in [3.63, 3.8) is 0 Å². The van der Waals surface area contributed by atoms with Crippen molar-refractivity contribution in [3.8, 4) is 0 Å². The summed E-state index contributed by atoms with van der Waals surface area (Å²) >= 11 is 1.61. The van der Waals surface area contributed by atoms with Crippen molar-refractivity contribution < 1.29 is 4.79 Å². The molecule has 1 amide bonds. The number of aryl methyl sites for hydroxylation is 1. The SMILES string of the molecule is C/C=C(\C=C(/CC)NSC)c1cc(C)c2c(c1)CN(N(C)CCC)C2=O. The van der Waals surface area contributed by atoms with E-state index in [1.54, 1.807) is 11.9 Å². The maximum atomic E-state index is 12.8. The molecule has 2 rings (SSSR count). The summed E-state index contributed by atoms with van der Waals surface area (Å²) < 4.78 is 3.34. The lowest BCUT2D eigenvalue weighted by Gasteiger charge is -2.27. The number of carbonyl (C=O) groups excluding carboxylic acids is 1. The molecule has 0 saturated carbocycles. The highest BCUT2D eigenvalue weighted by Gasteiger charge is 2.31. The minimum atomic E-state index is 0.121. The average Bonchev–Trinajstić information content (AvgIpc) is 2.96. The Morgan fingerprint density at radius 1 is 1.38 bits per heavy atom. The molecular weight excluding hydrogens is 342 g/mol. The number of rotatable bonds is 8. The first-order valence-corrected chi connectivity index (χ1v) is 10.5. The summed E-state index contributed by atoms with van der Waals surface area (Å²) in [6, 6.07) is 4.32. The molecule has 1 aromatic carbocycles. The van der Waals surface area contributed by atoms with Gasteiger partial charge in [0.15, 0.2) is 0 Å². The summed E-state index contributed by atoms with van der Waals surface area (Å²) in [5.41, 5.74) is 6.60. The summed E-state index contributed by atoms with van der Waals surface area (Å²) in [5.74, 6) is 0.121. The molecule has 1 aliphatic rings. The van der Waals surface area contributed by atoms with Gasteiger partial charge in [-0.3, -0.25) is 9.80 Å². The van der Waals surface area contributed by atoms with Crippen LogP contribution in [0.4, 0.5) is 0 Å². The quantitative estimate of drug-likeness (QED) is 0.526. The Labute approximate surface area is 162 Å². The highest BCUT2D eigenvalue weighted by atomic mass is 32.2. The number of benzene rings is 1. The molecule has 4 nitrogen and oxygen atoms in total. The monoisotopic (exact) mass is 373 g/mol. The van der Waals surface area contributed by atoms with Gasteiger partial charge in [0.25, 0.3) is 5.91 Å². The molecule has 0 bridgehead atoms. The van der Waals surface area contributed by atoms with Crippen LogP contribution in [0.3, 0.4) is 0 Å². The second-order valence-corrected chi connectivity index (χ2v) is 7.26. The average molecular weight is 374 g/mol. The van der Waals surface area contributed by atoms with Crippen molar-refractivity contribution in [2.45, 2.75) is 47.1 Å². The van der Waals surface area contributed by atoms with E-state index in [4.69, 9.17) is 0 Å². The third-order valence-electron chi connectivity index (χ3n) is 4.73. The molecule has 0 aliphatic carbocycles. The predicted molar refractivity (Wildman–Crippen MR) is 113 cm³/mol. The van der Waals surface area contributed by atoms with E-state index in [-0.39, 0.29) is 5.91 Å². The van der Waals surface area contributed by atoms with E-state index in [2.05, 4.69) is 49.8 Å². The molecule has 1 aromatic rings. The van der Waals surface area contributed by atoms with Crippen LogP contribution in [-0.4, -0.2) is 35.8 Å². The first-order valence-electron chi connectivity index (χ1n) is 9.29. The fourth-order valence-corrected chi connectivity index (χ4v) is 3.86. The van der Waals surface area contributed by atoms with Gasteiger partial charge in [-0.1, -0.05) is 37.9 Å². The second kappa shape index (κ2) is 9.28. The van der Waals surface area contributed by atoms with Gasteiger partial charge in [0.1, 0.15) is 0 Å². The molecule has 5 heteroatoms. The van der Waals surface area contributed by atoms with E-state index < -0.39 is 0 Å². The van der Waals surface area contributed by atoms with Crippen molar-refractivity contribution in [3.05, 3.63) is 52.2 Å². The number of carbonyl (C=O) groups is 1. The van der Waals surface area contributed by atoms with Gasteiger partial charge in [-0.25, -0.2) is 5.01 Å². The van der Waals surface area contributed by atoms with Crippen LogP contribution >= 0.6 is 11.9 Å². The first-order chi connectivity index (χ1) is 12.5. The summed E-state index contributed by atoms with van der Waals surface area (Å²) in [6.07, 6.45) is 8.35. The third kappa shape index (κ3) is 4.33. The normalized spacial score (nSPS) is 15.0. The van der Waals surface area contributed by atoms with Crippen molar-refractivity contribution in [2.24, 2.45) is 0 Å². The minimum absolute atomic E-state index is 0.121. The van der Waals surface area contributed by atoms with Crippen LogP contribution in [0.15, 0.2) is 30.0 Å². The lowest BCUT2D eigenvalue weighted by molar-refractivity contribution is 0.00764. The van der Waals surface area contributed by atoms with Gasteiger partial charge in [-0.2, -0.15) is 0 Å². The molecule has 1 heterocycles. The topological polar surface area (TPSA) is 35.6 Å². The zero-order chi connectivity index (χ0) is 19.3. The van der Waals surface area contributed by atoms with Gasteiger partial charge in [-0.05, 0) is 61.1 Å². The van der Waals surface area contributed by atoms with Crippen LogP contribution in [0.1, 0.15) is 60.7 Å². The molecule has 0 atom stereocenters. The number of fused-ring (bicyclic) bond motifs is 1. The van der Waals surface area contributed by atoms with Gasteiger partial charge < -0.3 is 4.72 Å². The van der Waals surface area contributed by atoms with Crippen LogP contribution in [0, 0.1) is 6.92 Å². The first kappa shape index (κ1) is 20.6. The molecule has 0 aromatic heterocycles. The summed E-state index contributed by atoms with van der Waals surface area (Å²) in [4.78, 5) is 12.8. The van der Waals surface area contributed by atoms with Crippen LogP contribution in [0.2, 0.25) is 0 Å². The van der Waals surface area contributed by atoms with Crippen LogP contribution < -0.4 is 4.72 Å². The second-order valence-electron chi connectivity index (χ2n) is 6.64. The molecule has 1 aliphatic heterocycles. The number of hydrazine groups is 1. The summed E-state index contributed by atoms with van der Waals surface area (Å²) in [6.45, 7) is 9.93. The highest BCUT2D eigenvalue weighted by molar-refractivity contribution is 7.96. The number of nitrogens with zero attached hydrogens (tertiary/aromatic N) is 2. The molecular formula is C21H31N3OS. The number of hydrogen-bond acceptors (Lipinski definition) is 4. The van der Waals surface area contributed by atoms with Gasteiger partial charge in [0.2, 0.25) is 0 Å². The van der Waals surface area contributed by atoms with Crippen LogP contribution in [-0.2, 0) is 6.54 Å². The van der Waals surface area contributed by atoms with E-state index in [0.29, 0.717) is 6.54 Å². The van der Waals surface area contributed by atoms with E-state index in [1.165, 1.54) is 16.8 Å². The Morgan fingerprint density at radius 2 is 2.12 bits per heavy atom. The zero-order valence-corrected chi connectivity index (χ0v) is 17.7. The Morgan fingerprint density at radius 3 is 2.69 bits per heavy atom. The van der Waals surface area contributed by atoms with Crippen molar-refractivity contribution in [2.75, 3.05) is 19.8 Å². The molecule has 0 spiro atoms. The summed E-state index contributed by atoms with van der Waals surface area (Å²) in [7, 11) is 1.99. The highest BCUT2D eigenvalue weighted by Crippen LogP contribution is 2.31. The standard InChI is InChI=1S/C21H31N3OS/c1-7-10-23(5)24-14-18-12-17(11-15(4)20(18)21(24)25)16(8-2)13-19(9-3)22-26-6/h8,11-13,22H,7,9-10,14H2,1-6H3/b16-8+,19-13+. The fourth-order valence-electron chi connectivity index (χ4n) is 3.40. The van der Waals surface area contributed by atoms with Gasteiger partial charge in [0, 0.05) is 31.1 Å². The number of amides is 1. The fraction of sp³-hybridized carbons (Fsp3) is 0.476. The van der Waals surface area contributed by atoms with Crippen LogP contribution in [0.5, 0.6) is 0 Å². The molecule has 0 unspecified atom stereocenters. The number of allylic oxidation sites excluding steroid dienone is 4. The number of hydrogen-bond donors (Lipinski definition) is 1. The number of nitrogens with one attached hydrogen (secondary N) is 1. The van der Waals surface area contributed by atoms with Crippen molar-refractivity contribution >= 4 is 23.4 Å². The lowest BCUT2D eigenvalue weighted by Crippen LogP contribution is -2.40. The minimum Gasteiger partial charge on any atom is -0.334 e. The molecule has 0 saturated heterocycles. The van der Waals surface area contributed by atoms with Crippen molar-refractivity contribution in [1.29, 1.82) is 0 Å². The van der Waals surface area contributed by atoms with Gasteiger partial charge >= 0.3 is 0 Å². The molecule has 1 N–H and O–H groups in total. The van der Waals surface area contributed by atoms with E-state index in [9.17, 15) is 4.79 Å². The Hall–Kier alpha value is -1.72. The van der Waals surface area contributed by atoms with E-state index in [1.807, 2.05) is 30.2 Å². The molecule has 142 valence electrons. The Bertz CT molecular complexity index is 724. The zero-order valence-electron chi connectivity index (χ0n) is 16.8. The maximum absolute atomic E-state index is 12.8. The smallest absolute Gasteiger partial charge is 0.269 e. The predicted octanol–water partition coefficient (Wildman–Crippen LogP) is 4.77. The largest absolute Gasteiger partial charge is 0.334 e. The van der Waals surface area contributed by atoms with E-state index in [0.717, 1.165) is 36.1 Å². The third-order valence-corrected chi connectivity index (χ3v) is 5.20. The van der Waals surface area contributed by atoms with E-state index >= 15 is 0 Å². The van der Waals surface area contributed by atoms with Crippen molar-refractivity contribution in [1.82, 2.24) is 14.7 Å². The van der Waals surface area contributed by atoms with Crippen LogP contribution in [0.25, 0.3) is 5.57 Å². The Kier molecular flexibility index (Phi) is 7.35. The molecule has 0 radical (unpaired) electrons. The van der Waals surface area contributed by atoms with Gasteiger partial charge in [-0.15, -0.1) is 0 Å². The molecule has 26 heavy (non-hydrogen) atoms. The Balaban J connectivity index is 2.38. The van der Waals surface area contributed by atoms with Gasteiger partial charge in [0.05, 0.1) is 6.54 Å². The molecule has 0 fully saturated rings.